The maximum Gasteiger partial charge on any atom is 0.242 e. The van der Waals surface area contributed by atoms with E-state index in [1.807, 2.05) is 12.1 Å². The molecule has 0 bridgehead atoms. The van der Waals surface area contributed by atoms with E-state index in [4.69, 9.17) is 4.74 Å². The van der Waals surface area contributed by atoms with Gasteiger partial charge in [-0.05, 0) is 58.5 Å². The Balaban J connectivity index is 1.93. The van der Waals surface area contributed by atoms with E-state index in [0.29, 0.717) is 17.7 Å². The summed E-state index contributed by atoms with van der Waals surface area (Å²) in [6.45, 7) is 1.30. The predicted molar refractivity (Wildman–Crippen MR) is 95.0 cm³/mol. The number of nitrogens with one attached hydrogen (secondary N) is 1. The topological polar surface area (TPSA) is 68.3 Å². The molecule has 1 atom stereocenters. The van der Waals surface area contributed by atoms with Crippen LogP contribution < -0.4 is 4.72 Å². The first-order valence-corrected chi connectivity index (χ1v) is 10.1. The molecule has 24 heavy (non-hydrogen) atoms. The third-order valence-electron chi connectivity index (χ3n) is 4.19. The molecule has 0 spiro atoms. The summed E-state index contributed by atoms with van der Waals surface area (Å²) >= 11 is 3.32. The molecule has 0 radical (unpaired) electrons. The lowest BCUT2D eigenvalue weighted by molar-refractivity contribution is 0.0564. The Hall–Kier alpha value is -1.28. The highest BCUT2D eigenvalue weighted by molar-refractivity contribution is 9.10. The molecule has 7 heteroatoms. The SMILES string of the molecule is O=S(=O)(N[C@@H](c1cccnc1)C1CCOCC1)c1ccccc1Br. The highest BCUT2D eigenvalue weighted by Crippen LogP contribution is 2.32. The normalized spacial score (nSPS) is 17.5. The number of aromatic nitrogens is 1. The number of hydrogen-bond acceptors (Lipinski definition) is 4. The van der Waals surface area contributed by atoms with E-state index in [2.05, 4.69) is 25.6 Å². The molecule has 0 unspecified atom stereocenters. The van der Waals surface area contributed by atoms with Crippen LogP contribution in [0.25, 0.3) is 0 Å². The first-order chi connectivity index (χ1) is 11.6. The Bertz CT molecular complexity index is 777. The number of ether oxygens (including phenoxy) is 1. The first-order valence-electron chi connectivity index (χ1n) is 7.82. The van der Waals surface area contributed by atoms with Gasteiger partial charge in [0.05, 0.1) is 10.9 Å². The number of pyridine rings is 1. The van der Waals surface area contributed by atoms with Crippen molar-refractivity contribution >= 4 is 26.0 Å². The fourth-order valence-electron chi connectivity index (χ4n) is 2.94. The number of hydrogen-bond donors (Lipinski definition) is 1. The molecule has 0 aliphatic carbocycles. The predicted octanol–water partition coefficient (Wildman–Crippen LogP) is 3.29. The Kier molecular flexibility index (Phi) is 5.65. The molecule has 128 valence electrons. The minimum Gasteiger partial charge on any atom is -0.381 e. The lowest BCUT2D eigenvalue weighted by atomic mass is 9.88. The number of benzene rings is 1. The van der Waals surface area contributed by atoms with E-state index < -0.39 is 10.0 Å². The Morgan fingerprint density at radius 3 is 2.58 bits per heavy atom. The van der Waals surface area contributed by atoms with Gasteiger partial charge in [0.15, 0.2) is 0 Å². The molecule has 3 rings (SSSR count). The molecule has 1 aromatic heterocycles. The van der Waals surface area contributed by atoms with E-state index in [0.717, 1.165) is 18.4 Å². The molecule has 1 N–H and O–H groups in total. The highest BCUT2D eigenvalue weighted by atomic mass is 79.9. The standard InChI is InChI=1S/C17H19BrN2O3S/c18-15-5-1-2-6-16(15)24(21,22)20-17(13-7-10-23-11-8-13)14-4-3-9-19-12-14/h1-6,9,12-13,17,20H,7-8,10-11H2/t17-/m1/s1. The molecule has 1 aromatic carbocycles. The van der Waals surface area contributed by atoms with Gasteiger partial charge < -0.3 is 4.74 Å². The summed E-state index contributed by atoms with van der Waals surface area (Å²) in [6.07, 6.45) is 5.05. The third kappa shape index (κ3) is 4.03. The molecule has 1 fully saturated rings. The highest BCUT2D eigenvalue weighted by Gasteiger charge is 2.30. The number of rotatable bonds is 5. The van der Waals surface area contributed by atoms with Gasteiger partial charge in [0.25, 0.3) is 0 Å². The van der Waals surface area contributed by atoms with Gasteiger partial charge in [-0.1, -0.05) is 18.2 Å². The van der Waals surface area contributed by atoms with Crippen LogP contribution in [0.3, 0.4) is 0 Å². The minimum absolute atomic E-state index is 0.181. The van der Waals surface area contributed by atoms with Gasteiger partial charge in [-0.25, -0.2) is 13.1 Å². The Labute approximate surface area is 150 Å². The van der Waals surface area contributed by atoms with Crippen molar-refractivity contribution in [1.82, 2.24) is 9.71 Å². The summed E-state index contributed by atoms with van der Waals surface area (Å²) in [5.74, 6) is 0.181. The van der Waals surface area contributed by atoms with Crippen LogP contribution in [0.5, 0.6) is 0 Å². The van der Waals surface area contributed by atoms with E-state index in [-0.39, 0.29) is 16.9 Å². The van der Waals surface area contributed by atoms with Crippen molar-refractivity contribution in [1.29, 1.82) is 0 Å². The summed E-state index contributed by atoms with van der Waals surface area (Å²) < 4.78 is 34.6. The number of nitrogens with zero attached hydrogens (tertiary/aromatic N) is 1. The molecule has 0 amide bonds. The van der Waals surface area contributed by atoms with Gasteiger partial charge in [-0.2, -0.15) is 0 Å². The average molecular weight is 411 g/mol. The fourth-order valence-corrected chi connectivity index (χ4v) is 5.24. The largest absolute Gasteiger partial charge is 0.381 e. The van der Waals surface area contributed by atoms with Crippen LogP contribution in [0.1, 0.15) is 24.4 Å². The molecular formula is C17H19BrN2O3S. The van der Waals surface area contributed by atoms with Crippen molar-refractivity contribution in [3.05, 3.63) is 58.8 Å². The van der Waals surface area contributed by atoms with Crippen LogP contribution in [-0.2, 0) is 14.8 Å². The van der Waals surface area contributed by atoms with Crippen molar-refractivity contribution in [2.75, 3.05) is 13.2 Å². The van der Waals surface area contributed by atoms with Crippen molar-refractivity contribution in [3.8, 4) is 0 Å². The number of halogens is 1. The molecule has 5 nitrogen and oxygen atoms in total. The zero-order valence-electron chi connectivity index (χ0n) is 13.1. The van der Waals surface area contributed by atoms with Crippen LogP contribution in [0.15, 0.2) is 58.2 Å². The minimum atomic E-state index is -3.65. The van der Waals surface area contributed by atoms with Gasteiger partial charge in [-0.15, -0.1) is 0 Å². The summed E-state index contributed by atoms with van der Waals surface area (Å²) in [5, 5.41) is 0. The zero-order chi connectivity index (χ0) is 17.0. The summed E-state index contributed by atoms with van der Waals surface area (Å²) in [5.41, 5.74) is 0.875. The Morgan fingerprint density at radius 1 is 1.17 bits per heavy atom. The van der Waals surface area contributed by atoms with Gasteiger partial charge in [0.2, 0.25) is 10.0 Å². The summed E-state index contributed by atoms with van der Waals surface area (Å²) in [6, 6.07) is 10.2. The van der Waals surface area contributed by atoms with Crippen LogP contribution in [0.4, 0.5) is 0 Å². The average Bonchev–Trinajstić information content (AvgIpc) is 2.61. The smallest absolute Gasteiger partial charge is 0.242 e. The van der Waals surface area contributed by atoms with E-state index in [1.54, 1.807) is 36.7 Å². The van der Waals surface area contributed by atoms with Crippen LogP contribution in [-0.4, -0.2) is 26.6 Å². The first kappa shape index (κ1) is 17.5. The molecule has 2 heterocycles. The Morgan fingerprint density at radius 2 is 1.92 bits per heavy atom. The van der Waals surface area contributed by atoms with E-state index in [9.17, 15) is 8.42 Å². The maximum absolute atomic E-state index is 12.9. The molecule has 1 aliphatic heterocycles. The molecular weight excluding hydrogens is 392 g/mol. The summed E-state index contributed by atoms with van der Waals surface area (Å²) in [4.78, 5) is 4.39. The molecule has 1 aliphatic rings. The second-order valence-corrected chi connectivity index (χ2v) is 8.30. The second kappa shape index (κ2) is 7.74. The van der Waals surface area contributed by atoms with Crippen LogP contribution in [0, 0.1) is 5.92 Å². The van der Waals surface area contributed by atoms with Crippen molar-refractivity contribution in [3.63, 3.8) is 0 Å². The molecule has 0 saturated carbocycles. The van der Waals surface area contributed by atoms with Crippen molar-refractivity contribution in [2.45, 2.75) is 23.8 Å². The van der Waals surface area contributed by atoms with Crippen molar-refractivity contribution < 1.29 is 13.2 Å². The van der Waals surface area contributed by atoms with Gasteiger partial charge in [-0.3, -0.25) is 4.98 Å². The lowest BCUT2D eigenvalue weighted by Crippen LogP contribution is -2.36. The van der Waals surface area contributed by atoms with Gasteiger partial charge in [0, 0.05) is 30.1 Å². The fraction of sp³-hybridized carbons (Fsp3) is 0.353. The van der Waals surface area contributed by atoms with Crippen molar-refractivity contribution in [2.24, 2.45) is 5.92 Å². The maximum atomic E-state index is 12.9. The second-order valence-electron chi connectivity index (χ2n) is 5.77. The monoisotopic (exact) mass is 410 g/mol. The molecule has 1 saturated heterocycles. The van der Waals surface area contributed by atoms with Crippen LogP contribution in [0.2, 0.25) is 0 Å². The molecule has 2 aromatic rings. The van der Waals surface area contributed by atoms with E-state index >= 15 is 0 Å². The van der Waals surface area contributed by atoms with Crippen LogP contribution >= 0.6 is 15.9 Å². The van der Waals surface area contributed by atoms with Gasteiger partial charge in [0.1, 0.15) is 0 Å². The van der Waals surface area contributed by atoms with Gasteiger partial charge >= 0.3 is 0 Å². The third-order valence-corrected chi connectivity index (χ3v) is 6.64. The quantitative estimate of drug-likeness (QED) is 0.820. The lowest BCUT2D eigenvalue weighted by Gasteiger charge is -2.31. The summed E-state index contributed by atoms with van der Waals surface area (Å²) in [7, 11) is -3.65. The number of sulfonamides is 1. The van der Waals surface area contributed by atoms with E-state index in [1.165, 1.54) is 0 Å². The zero-order valence-corrected chi connectivity index (χ0v) is 15.5.